The first-order chi connectivity index (χ1) is 6.72. The number of nitrogens with two attached hydrogens (primary N) is 1. The third kappa shape index (κ3) is 4.37. The summed E-state index contributed by atoms with van der Waals surface area (Å²) < 4.78 is 11.0. The van der Waals surface area contributed by atoms with Crippen molar-refractivity contribution < 1.29 is 9.47 Å². The van der Waals surface area contributed by atoms with Crippen LogP contribution in [-0.2, 0) is 9.47 Å². The third-order valence-corrected chi connectivity index (χ3v) is 2.44. The zero-order chi connectivity index (χ0) is 10.4. The molecule has 1 aliphatic heterocycles. The summed E-state index contributed by atoms with van der Waals surface area (Å²) >= 11 is 0. The number of nitrogens with one attached hydrogen (secondary N) is 1. The molecule has 2 unspecified atom stereocenters. The third-order valence-electron chi connectivity index (χ3n) is 2.44. The van der Waals surface area contributed by atoms with Gasteiger partial charge in [0.2, 0.25) is 0 Å². The molecule has 1 saturated heterocycles. The molecule has 1 aliphatic rings. The minimum absolute atomic E-state index is 0.209. The lowest BCUT2D eigenvalue weighted by atomic mass is 10.1. The summed E-state index contributed by atoms with van der Waals surface area (Å²) in [7, 11) is 0. The Balaban J connectivity index is 2.16. The number of hydrogen-bond donors (Lipinski definition) is 2. The molecule has 0 aliphatic carbocycles. The topological polar surface area (TPSA) is 56.5 Å². The second-order valence-corrected chi connectivity index (χ2v) is 4.12. The second kappa shape index (κ2) is 6.35. The summed E-state index contributed by atoms with van der Waals surface area (Å²) in [5.74, 6) is 5.45. The molecule has 84 valence electrons. The van der Waals surface area contributed by atoms with Crippen LogP contribution in [0.15, 0.2) is 0 Å². The van der Waals surface area contributed by atoms with Crippen molar-refractivity contribution in [3.63, 3.8) is 0 Å². The Morgan fingerprint density at radius 2 is 2.36 bits per heavy atom. The molecule has 0 saturated carbocycles. The first kappa shape index (κ1) is 11.9. The van der Waals surface area contributed by atoms with Crippen molar-refractivity contribution in [3.05, 3.63) is 0 Å². The fourth-order valence-electron chi connectivity index (χ4n) is 1.64. The quantitative estimate of drug-likeness (QED) is 0.494. The Kier molecular flexibility index (Phi) is 5.40. The standard InChI is InChI=1S/C10H22N2O2/c1-8(2)14-7-9(12-11)6-10-4-3-5-13-10/h8-10,12H,3-7,11H2,1-2H3. The monoisotopic (exact) mass is 202 g/mol. The van der Waals surface area contributed by atoms with Crippen LogP contribution in [0.1, 0.15) is 33.1 Å². The first-order valence-electron chi connectivity index (χ1n) is 5.41. The minimum Gasteiger partial charge on any atom is -0.378 e. The van der Waals surface area contributed by atoms with Gasteiger partial charge in [0.1, 0.15) is 0 Å². The fraction of sp³-hybridized carbons (Fsp3) is 1.00. The van der Waals surface area contributed by atoms with Crippen LogP contribution in [0.4, 0.5) is 0 Å². The Labute approximate surface area is 86.1 Å². The van der Waals surface area contributed by atoms with Gasteiger partial charge in [-0.1, -0.05) is 0 Å². The van der Waals surface area contributed by atoms with Gasteiger partial charge >= 0.3 is 0 Å². The molecular formula is C10H22N2O2. The molecule has 4 nitrogen and oxygen atoms in total. The normalized spacial score (nSPS) is 24.4. The van der Waals surface area contributed by atoms with E-state index in [2.05, 4.69) is 5.43 Å². The van der Waals surface area contributed by atoms with Gasteiger partial charge < -0.3 is 9.47 Å². The van der Waals surface area contributed by atoms with Crippen molar-refractivity contribution in [2.45, 2.75) is 51.4 Å². The van der Waals surface area contributed by atoms with Gasteiger partial charge in [0, 0.05) is 12.6 Å². The van der Waals surface area contributed by atoms with Crippen molar-refractivity contribution in [2.24, 2.45) is 5.84 Å². The lowest BCUT2D eigenvalue weighted by Gasteiger charge is -2.20. The molecule has 0 amide bonds. The molecule has 0 aromatic heterocycles. The molecule has 0 bridgehead atoms. The van der Waals surface area contributed by atoms with Crippen LogP contribution in [0.2, 0.25) is 0 Å². The van der Waals surface area contributed by atoms with E-state index < -0.39 is 0 Å². The molecule has 3 N–H and O–H groups in total. The summed E-state index contributed by atoms with van der Waals surface area (Å²) in [5.41, 5.74) is 2.78. The highest BCUT2D eigenvalue weighted by atomic mass is 16.5. The van der Waals surface area contributed by atoms with Crippen LogP contribution in [-0.4, -0.2) is 31.5 Å². The van der Waals surface area contributed by atoms with Crippen molar-refractivity contribution in [1.29, 1.82) is 0 Å². The number of hydrazine groups is 1. The number of ether oxygens (including phenoxy) is 2. The lowest BCUT2D eigenvalue weighted by Crippen LogP contribution is -2.41. The van der Waals surface area contributed by atoms with E-state index in [-0.39, 0.29) is 12.1 Å². The van der Waals surface area contributed by atoms with Gasteiger partial charge in [-0.15, -0.1) is 0 Å². The molecule has 4 heteroatoms. The van der Waals surface area contributed by atoms with Crippen molar-refractivity contribution in [3.8, 4) is 0 Å². The van der Waals surface area contributed by atoms with Crippen molar-refractivity contribution in [2.75, 3.05) is 13.2 Å². The average molecular weight is 202 g/mol. The first-order valence-corrected chi connectivity index (χ1v) is 5.41. The van der Waals surface area contributed by atoms with Gasteiger partial charge in [0.05, 0.1) is 18.8 Å². The predicted molar refractivity (Wildman–Crippen MR) is 55.8 cm³/mol. The average Bonchev–Trinajstić information content (AvgIpc) is 2.64. The van der Waals surface area contributed by atoms with Gasteiger partial charge in [-0.05, 0) is 33.1 Å². The Morgan fingerprint density at radius 3 is 2.86 bits per heavy atom. The van der Waals surface area contributed by atoms with Gasteiger partial charge in [-0.2, -0.15) is 0 Å². The highest BCUT2D eigenvalue weighted by Gasteiger charge is 2.20. The van der Waals surface area contributed by atoms with E-state index in [0.29, 0.717) is 12.7 Å². The van der Waals surface area contributed by atoms with Gasteiger partial charge in [0.25, 0.3) is 0 Å². The molecule has 0 spiro atoms. The van der Waals surface area contributed by atoms with E-state index in [1.54, 1.807) is 0 Å². The number of hydrogen-bond acceptors (Lipinski definition) is 4. The van der Waals surface area contributed by atoms with E-state index in [9.17, 15) is 0 Å². The van der Waals surface area contributed by atoms with Crippen molar-refractivity contribution in [1.82, 2.24) is 5.43 Å². The minimum atomic E-state index is 0.209. The largest absolute Gasteiger partial charge is 0.378 e. The summed E-state index contributed by atoms with van der Waals surface area (Å²) in [6.07, 6.45) is 3.90. The summed E-state index contributed by atoms with van der Waals surface area (Å²) in [5, 5.41) is 0. The highest BCUT2D eigenvalue weighted by molar-refractivity contribution is 4.73. The fourth-order valence-corrected chi connectivity index (χ4v) is 1.64. The summed E-state index contributed by atoms with van der Waals surface area (Å²) in [4.78, 5) is 0. The Morgan fingerprint density at radius 1 is 1.57 bits per heavy atom. The van der Waals surface area contributed by atoms with E-state index in [4.69, 9.17) is 15.3 Å². The number of rotatable bonds is 6. The molecule has 0 radical (unpaired) electrons. The molecule has 0 aromatic carbocycles. The van der Waals surface area contributed by atoms with Crippen LogP contribution < -0.4 is 11.3 Å². The zero-order valence-corrected chi connectivity index (χ0v) is 9.16. The van der Waals surface area contributed by atoms with Crippen LogP contribution in [0.25, 0.3) is 0 Å². The van der Waals surface area contributed by atoms with E-state index in [1.165, 1.54) is 6.42 Å². The maximum absolute atomic E-state index is 5.54. The maximum atomic E-state index is 5.54. The zero-order valence-electron chi connectivity index (χ0n) is 9.16. The smallest absolute Gasteiger partial charge is 0.0637 e. The van der Waals surface area contributed by atoms with Crippen molar-refractivity contribution >= 4 is 0 Å². The van der Waals surface area contributed by atoms with E-state index >= 15 is 0 Å². The summed E-state index contributed by atoms with van der Waals surface area (Å²) in [6, 6.07) is 0.209. The molecule has 1 heterocycles. The van der Waals surface area contributed by atoms with Crippen LogP contribution in [0.3, 0.4) is 0 Å². The van der Waals surface area contributed by atoms with Gasteiger partial charge in [-0.25, -0.2) is 0 Å². The van der Waals surface area contributed by atoms with Gasteiger partial charge in [0.15, 0.2) is 0 Å². The molecule has 0 aromatic rings. The highest BCUT2D eigenvalue weighted by Crippen LogP contribution is 2.16. The molecule has 14 heavy (non-hydrogen) atoms. The Hall–Kier alpha value is -0.160. The summed E-state index contributed by atoms with van der Waals surface area (Å²) in [6.45, 7) is 5.61. The predicted octanol–water partition coefficient (Wildman–Crippen LogP) is 0.812. The van der Waals surface area contributed by atoms with Crippen LogP contribution >= 0.6 is 0 Å². The lowest BCUT2D eigenvalue weighted by molar-refractivity contribution is 0.0381. The molecule has 1 rings (SSSR count). The van der Waals surface area contributed by atoms with Crippen LogP contribution in [0, 0.1) is 0 Å². The Bertz CT molecular complexity index is 147. The SMILES string of the molecule is CC(C)OCC(CC1CCCO1)NN. The molecule has 2 atom stereocenters. The van der Waals surface area contributed by atoms with E-state index in [0.717, 1.165) is 19.4 Å². The van der Waals surface area contributed by atoms with E-state index in [1.807, 2.05) is 13.8 Å². The van der Waals surface area contributed by atoms with Crippen LogP contribution in [0.5, 0.6) is 0 Å². The molecule has 1 fully saturated rings. The maximum Gasteiger partial charge on any atom is 0.0637 e. The molecular weight excluding hydrogens is 180 g/mol. The second-order valence-electron chi connectivity index (χ2n) is 4.12. The van der Waals surface area contributed by atoms with Gasteiger partial charge in [-0.3, -0.25) is 11.3 Å².